The maximum absolute atomic E-state index is 13.3. The summed E-state index contributed by atoms with van der Waals surface area (Å²) in [5.41, 5.74) is -2.33. The van der Waals surface area contributed by atoms with E-state index in [2.05, 4.69) is 10.6 Å². The van der Waals surface area contributed by atoms with Gasteiger partial charge in [-0.3, -0.25) is 34.2 Å². The molecule has 2 aromatic rings. The standard InChI is InChI=1S/C21H14F3N3O5/c22-21(23,24)12-6-2-1-4-10(12)17(29)25-13-7-3-5-11-16(13)20(32)27(19(11)31)14-8-9-15(28)26-18(14)30/h1-7,14H,8-9H2,(H,25,29)(H,26,28,30). The summed E-state index contributed by atoms with van der Waals surface area (Å²) in [7, 11) is 0. The first-order valence-electron chi connectivity index (χ1n) is 9.41. The Bertz CT molecular complexity index is 1190. The van der Waals surface area contributed by atoms with Crippen molar-refractivity contribution in [1.29, 1.82) is 0 Å². The van der Waals surface area contributed by atoms with Crippen molar-refractivity contribution in [2.75, 3.05) is 5.32 Å². The molecule has 164 valence electrons. The van der Waals surface area contributed by atoms with Gasteiger partial charge >= 0.3 is 6.18 Å². The van der Waals surface area contributed by atoms with Crippen molar-refractivity contribution in [3.8, 4) is 0 Å². The fourth-order valence-corrected chi connectivity index (χ4v) is 3.74. The first kappa shape index (κ1) is 21.2. The number of imide groups is 2. The zero-order valence-corrected chi connectivity index (χ0v) is 16.2. The quantitative estimate of drug-likeness (QED) is 0.705. The van der Waals surface area contributed by atoms with Crippen molar-refractivity contribution in [3.63, 3.8) is 0 Å². The molecule has 1 saturated heterocycles. The van der Waals surface area contributed by atoms with Crippen LogP contribution in [0.5, 0.6) is 0 Å². The van der Waals surface area contributed by atoms with Crippen molar-refractivity contribution in [2.24, 2.45) is 0 Å². The summed E-state index contributed by atoms with van der Waals surface area (Å²) in [6.45, 7) is 0. The van der Waals surface area contributed by atoms with Crippen LogP contribution in [0.1, 0.15) is 49.5 Å². The summed E-state index contributed by atoms with van der Waals surface area (Å²) in [6, 6.07) is 6.86. The highest BCUT2D eigenvalue weighted by Gasteiger charge is 2.46. The molecule has 2 aliphatic heterocycles. The van der Waals surface area contributed by atoms with Crippen molar-refractivity contribution >= 4 is 35.2 Å². The van der Waals surface area contributed by atoms with Crippen LogP contribution in [0.3, 0.4) is 0 Å². The minimum absolute atomic E-state index is 0.0587. The Kier molecular flexibility index (Phi) is 5.03. The van der Waals surface area contributed by atoms with Crippen LogP contribution < -0.4 is 10.6 Å². The second kappa shape index (κ2) is 7.59. The lowest BCUT2D eigenvalue weighted by Gasteiger charge is -2.27. The van der Waals surface area contributed by atoms with Gasteiger partial charge < -0.3 is 5.32 Å². The lowest BCUT2D eigenvalue weighted by Crippen LogP contribution is -2.54. The monoisotopic (exact) mass is 445 g/mol. The molecule has 2 N–H and O–H groups in total. The second-order valence-electron chi connectivity index (χ2n) is 7.17. The lowest BCUT2D eigenvalue weighted by atomic mass is 10.0. The average Bonchev–Trinajstić information content (AvgIpc) is 2.99. The van der Waals surface area contributed by atoms with Crippen LogP contribution in [0.2, 0.25) is 0 Å². The molecule has 8 nitrogen and oxygen atoms in total. The number of fused-ring (bicyclic) bond motifs is 1. The predicted octanol–water partition coefficient (Wildman–Crippen LogP) is 2.36. The fourth-order valence-electron chi connectivity index (χ4n) is 3.74. The number of piperidine rings is 1. The maximum atomic E-state index is 13.3. The lowest BCUT2D eigenvalue weighted by molar-refractivity contribution is -0.138. The van der Waals surface area contributed by atoms with Crippen LogP contribution in [0, 0.1) is 0 Å². The van der Waals surface area contributed by atoms with E-state index >= 15 is 0 Å². The van der Waals surface area contributed by atoms with E-state index in [9.17, 15) is 37.1 Å². The Balaban J connectivity index is 1.67. The van der Waals surface area contributed by atoms with Crippen LogP contribution in [0.15, 0.2) is 42.5 Å². The molecule has 1 unspecified atom stereocenters. The number of hydrogen-bond donors (Lipinski definition) is 2. The van der Waals surface area contributed by atoms with Gasteiger partial charge in [-0.2, -0.15) is 13.2 Å². The van der Waals surface area contributed by atoms with Crippen LogP contribution in [0.4, 0.5) is 18.9 Å². The molecule has 32 heavy (non-hydrogen) atoms. The molecule has 0 radical (unpaired) electrons. The molecule has 0 saturated carbocycles. The van der Waals surface area contributed by atoms with Gasteiger partial charge in [0.15, 0.2) is 0 Å². The van der Waals surface area contributed by atoms with Crippen LogP contribution >= 0.6 is 0 Å². The molecule has 2 aromatic carbocycles. The minimum atomic E-state index is -4.78. The smallest absolute Gasteiger partial charge is 0.321 e. The summed E-state index contributed by atoms with van der Waals surface area (Å²) >= 11 is 0. The van der Waals surface area contributed by atoms with Gasteiger partial charge in [-0.15, -0.1) is 0 Å². The summed E-state index contributed by atoms with van der Waals surface area (Å²) in [4.78, 5) is 62.7. The predicted molar refractivity (Wildman–Crippen MR) is 103 cm³/mol. The number of amides is 5. The Morgan fingerprint density at radius 1 is 1.00 bits per heavy atom. The number of alkyl halides is 3. The topological polar surface area (TPSA) is 113 Å². The molecule has 0 bridgehead atoms. The van der Waals surface area contributed by atoms with Crippen molar-refractivity contribution in [3.05, 3.63) is 64.7 Å². The fraction of sp³-hybridized carbons (Fsp3) is 0.190. The third-order valence-corrected chi connectivity index (χ3v) is 5.19. The highest BCUT2D eigenvalue weighted by atomic mass is 19.4. The zero-order chi connectivity index (χ0) is 23.2. The molecule has 2 heterocycles. The first-order chi connectivity index (χ1) is 15.1. The maximum Gasteiger partial charge on any atom is 0.417 e. The summed E-state index contributed by atoms with van der Waals surface area (Å²) in [5.74, 6) is -4.14. The van der Waals surface area contributed by atoms with Gasteiger partial charge in [0.1, 0.15) is 6.04 Å². The largest absolute Gasteiger partial charge is 0.417 e. The summed E-state index contributed by atoms with van der Waals surface area (Å²) in [6.07, 6.45) is -4.90. The molecule has 0 aromatic heterocycles. The van der Waals surface area contributed by atoms with E-state index in [1.807, 2.05) is 0 Å². The molecule has 2 aliphatic rings. The second-order valence-corrected chi connectivity index (χ2v) is 7.17. The van der Waals surface area contributed by atoms with E-state index in [4.69, 9.17) is 0 Å². The van der Waals surface area contributed by atoms with Gasteiger partial charge in [-0.05, 0) is 30.7 Å². The van der Waals surface area contributed by atoms with Crippen LogP contribution in [-0.2, 0) is 15.8 Å². The van der Waals surface area contributed by atoms with E-state index in [1.54, 1.807) is 0 Å². The third-order valence-electron chi connectivity index (χ3n) is 5.19. The van der Waals surface area contributed by atoms with Gasteiger partial charge in [0.05, 0.1) is 27.9 Å². The van der Waals surface area contributed by atoms with Crippen molar-refractivity contribution in [2.45, 2.75) is 25.1 Å². The summed E-state index contributed by atoms with van der Waals surface area (Å²) in [5, 5.41) is 4.33. The van der Waals surface area contributed by atoms with Gasteiger partial charge in [0.25, 0.3) is 17.7 Å². The van der Waals surface area contributed by atoms with Gasteiger partial charge in [0, 0.05) is 6.42 Å². The Morgan fingerprint density at radius 2 is 1.72 bits per heavy atom. The molecule has 4 rings (SSSR count). The number of nitrogens with zero attached hydrogens (tertiary/aromatic N) is 1. The van der Waals surface area contributed by atoms with E-state index in [-0.39, 0.29) is 29.7 Å². The summed E-state index contributed by atoms with van der Waals surface area (Å²) < 4.78 is 39.8. The molecule has 1 fully saturated rings. The third kappa shape index (κ3) is 3.51. The molecule has 5 amide bonds. The SMILES string of the molecule is O=C1CCC(N2C(=O)c3cccc(NC(=O)c4ccccc4C(F)(F)F)c3C2=O)C(=O)N1. The molecule has 1 atom stereocenters. The van der Waals surface area contributed by atoms with Gasteiger partial charge in [-0.1, -0.05) is 18.2 Å². The Hall–Kier alpha value is -4.02. The molecular formula is C21H14F3N3O5. The number of nitrogens with one attached hydrogen (secondary N) is 2. The van der Waals surface area contributed by atoms with Crippen molar-refractivity contribution < 1.29 is 37.1 Å². The zero-order valence-electron chi connectivity index (χ0n) is 16.2. The highest BCUT2D eigenvalue weighted by molar-refractivity contribution is 6.26. The Morgan fingerprint density at radius 3 is 2.41 bits per heavy atom. The van der Waals surface area contributed by atoms with E-state index < -0.39 is 52.9 Å². The number of benzene rings is 2. The van der Waals surface area contributed by atoms with E-state index in [0.717, 1.165) is 18.2 Å². The number of rotatable bonds is 3. The van der Waals surface area contributed by atoms with Gasteiger partial charge in [0.2, 0.25) is 11.8 Å². The molecule has 0 spiro atoms. The molecular weight excluding hydrogens is 431 g/mol. The molecule has 0 aliphatic carbocycles. The number of carbonyl (C=O) groups is 5. The number of anilines is 1. The van der Waals surface area contributed by atoms with Gasteiger partial charge in [-0.25, -0.2) is 0 Å². The van der Waals surface area contributed by atoms with Crippen LogP contribution in [0.25, 0.3) is 0 Å². The number of carbonyl (C=O) groups excluding carboxylic acids is 5. The van der Waals surface area contributed by atoms with Crippen LogP contribution in [-0.4, -0.2) is 40.5 Å². The van der Waals surface area contributed by atoms with E-state index in [0.29, 0.717) is 4.90 Å². The first-order valence-corrected chi connectivity index (χ1v) is 9.41. The Labute approximate surface area is 178 Å². The normalized spacial score (nSPS) is 18.5. The molecule has 11 heteroatoms. The average molecular weight is 445 g/mol. The number of halogens is 3. The number of hydrogen-bond acceptors (Lipinski definition) is 5. The van der Waals surface area contributed by atoms with E-state index in [1.165, 1.54) is 24.3 Å². The highest BCUT2D eigenvalue weighted by Crippen LogP contribution is 2.34. The van der Waals surface area contributed by atoms with Crippen molar-refractivity contribution in [1.82, 2.24) is 10.2 Å². The minimum Gasteiger partial charge on any atom is -0.321 e.